The Kier molecular flexibility index (Phi) is 4.39. The number of hydrogen-bond acceptors (Lipinski definition) is 4. The third-order valence-corrected chi connectivity index (χ3v) is 3.86. The van der Waals surface area contributed by atoms with Crippen LogP contribution in [0.4, 0.5) is 5.69 Å². The van der Waals surface area contributed by atoms with Crippen LogP contribution in [0.3, 0.4) is 0 Å². The highest BCUT2D eigenvalue weighted by molar-refractivity contribution is 7.12. The van der Waals surface area contributed by atoms with E-state index in [-0.39, 0.29) is 6.42 Å². The first-order valence-corrected chi connectivity index (χ1v) is 6.89. The summed E-state index contributed by atoms with van der Waals surface area (Å²) >= 11 is 7.47. The highest BCUT2D eigenvalue weighted by Gasteiger charge is 2.06. The second-order valence-electron chi connectivity index (χ2n) is 4.14. The second kappa shape index (κ2) is 6.04. The van der Waals surface area contributed by atoms with Crippen LogP contribution in [0.5, 0.6) is 0 Å². The van der Waals surface area contributed by atoms with Crippen LogP contribution >= 0.6 is 22.9 Å². The normalized spacial score (nSPS) is 10.4. The Labute approximate surface area is 120 Å². The molecule has 0 amide bonds. The third-order valence-electron chi connectivity index (χ3n) is 2.47. The highest BCUT2D eigenvalue weighted by Crippen LogP contribution is 2.23. The first kappa shape index (κ1) is 13.8. The van der Waals surface area contributed by atoms with Gasteiger partial charge in [-0.1, -0.05) is 11.6 Å². The van der Waals surface area contributed by atoms with Gasteiger partial charge in [0.25, 0.3) is 0 Å². The Morgan fingerprint density at radius 1 is 1.47 bits per heavy atom. The Morgan fingerprint density at radius 2 is 2.21 bits per heavy atom. The Hall–Kier alpha value is -1.59. The lowest BCUT2D eigenvalue weighted by Crippen LogP contribution is -1.99. The van der Waals surface area contributed by atoms with Gasteiger partial charge in [-0.3, -0.25) is 4.79 Å². The summed E-state index contributed by atoms with van der Waals surface area (Å²) in [5, 5.41) is 12.4. The number of carbonyl (C=O) groups is 1. The van der Waals surface area contributed by atoms with Crippen molar-refractivity contribution in [2.24, 2.45) is 0 Å². The highest BCUT2D eigenvalue weighted by atomic mass is 35.5. The average molecular weight is 297 g/mol. The molecule has 0 aliphatic heterocycles. The van der Waals surface area contributed by atoms with Gasteiger partial charge in [0.2, 0.25) is 0 Å². The van der Waals surface area contributed by atoms with Gasteiger partial charge in [-0.05, 0) is 30.7 Å². The maximum Gasteiger partial charge on any atom is 0.308 e. The van der Waals surface area contributed by atoms with Crippen molar-refractivity contribution < 1.29 is 9.90 Å². The number of rotatable bonds is 5. The fraction of sp³-hybridized carbons (Fsp3) is 0.231. The van der Waals surface area contributed by atoms with Crippen molar-refractivity contribution in [3.05, 3.63) is 44.9 Å². The number of anilines is 1. The number of pyridine rings is 1. The van der Waals surface area contributed by atoms with Gasteiger partial charge in [-0.25, -0.2) is 4.98 Å². The molecule has 0 fully saturated rings. The van der Waals surface area contributed by atoms with Crippen LogP contribution in [-0.4, -0.2) is 16.1 Å². The maximum atomic E-state index is 10.6. The zero-order chi connectivity index (χ0) is 13.8. The van der Waals surface area contributed by atoms with Crippen molar-refractivity contribution in [3.63, 3.8) is 0 Å². The molecule has 0 unspecified atom stereocenters. The molecule has 6 heteroatoms. The van der Waals surface area contributed by atoms with E-state index >= 15 is 0 Å². The minimum absolute atomic E-state index is 0.0669. The number of nitrogens with one attached hydrogen (secondary N) is 1. The molecule has 19 heavy (non-hydrogen) atoms. The van der Waals surface area contributed by atoms with E-state index in [0.717, 1.165) is 21.0 Å². The molecule has 0 saturated carbocycles. The van der Waals surface area contributed by atoms with Crippen LogP contribution in [0.1, 0.15) is 15.3 Å². The molecule has 4 nitrogen and oxygen atoms in total. The van der Waals surface area contributed by atoms with E-state index in [1.807, 2.05) is 25.1 Å². The lowest BCUT2D eigenvalue weighted by Gasteiger charge is -2.07. The van der Waals surface area contributed by atoms with E-state index in [2.05, 4.69) is 10.3 Å². The van der Waals surface area contributed by atoms with Crippen LogP contribution in [0.15, 0.2) is 24.4 Å². The SMILES string of the molecule is Cc1cnc(Cl)c(NCc2ccc(CC(=O)O)s2)c1. The van der Waals surface area contributed by atoms with Gasteiger partial charge in [0.05, 0.1) is 12.1 Å². The van der Waals surface area contributed by atoms with Crippen molar-refractivity contribution in [1.82, 2.24) is 4.98 Å². The van der Waals surface area contributed by atoms with Crippen molar-refractivity contribution in [2.75, 3.05) is 5.32 Å². The number of carboxylic acids is 1. The number of carboxylic acid groups (broad SMARTS) is 1. The number of halogens is 1. The molecule has 2 heterocycles. The molecule has 0 bridgehead atoms. The van der Waals surface area contributed by atoms with Gasteiger partial charge in [-0.2, -0.15) is 0 Å². The molecule has 2 aromatic heterocycles. The first-order chi connectivity index (χ1) is 9.04. The molecular weight excluding hydrogens is 284 g/mol. The standard InChI is InChI=1S/C13H13ClN2O2S/c1-8-4-11(13(14)16-6-8)15-7-10-3-2-9(19-10)5-12(17)18/h2-4,6,15H,5,7H2,1H3,(H,17,18). The van der Waals surface area contributed by atoms with Crippen molar-refractivity contribution >= 4 is 34.6 Å². The lowest BCUT2D eigenvalue weighted by atomic mass is 10.3. The summed E-state index contributed by atoms with van der Waals surface area (Å²) in [5.41, 5.74) is 1.82. The maximum absolute atomic E-state index is 10.6. The fourth-order valence-corrected chi connectivity index (χ4v) is 2.74. The van der Waals surface area contributed by atoms with Crippen molar-refractivity contribution in [2.45, 2.75) is 19.9 Å². The van der Waals surface area contributed by atoms with Crippen LogP contribution < -0.4 is 5.32 Å². The van der Waals surface area contributed by atoms with Gasteiger partial charge in [-0.15, -0.1) is 11.3 Å². The van der Waals surface area contributed by atoms with E-state index in [1.165, 1.54) is 11.3 Å². The summed E-state index contributed by atoms with van der Waals surface area (Å²) < 4.78 is 0. The molecule has 0 atom stereocenters. The van der Waals surface area contributed by atoms with Crippen LogP contribution in [-0.2, 0) is 17.8 Å². The molecule has 2 rings (SSSR count). The monoisotopic (exact) mass is 296 g/mol. The van der Waals surface area contributed by atoms with Gasteiger partial charge in [0.1, 0.15) is 0 Å². The molecule has 0 aliphatic rings. The van der Waals surface area contributed by atoms with Gasteiger partial charge < -0.3 is 10.4 Å². The summed E-state index contributed by atoms with van der Waals surface area (Å²) in [6.07, 6.45) is 1.78. The minimum atomic E-state index is -0.813. The van der Waals surface area contributed by atoms with Crippen molar-refractivity contribution in [3.8, 4) is 0 Å². The van der Waals surface area contributed by atoms with Gasteiger partial charge in [0.15, 0.2) is 5.15 Å². The predicted octanol–water partition coefficient (Wildman–Crippen LogP) is 3.34. The topological polar surface area (TPSA) is 62.2 Å². The van der Waals surface area contributed by atoms with E-state index < -0.39 is 5.97 Å². The molecule has 2 N–H and O–H groups in total. The third kappa shape index (κ3) is 3.94. The summed E-state index contributed by atoms with van der Waals surface area (Å²) in [6, 6.07) is 5.69. The average Bonchev–Trinajstić information content (AvgIpc) is 2.77. The molecule has 0 aromatic carbocycles. The van der Waals surface area contributed by atoms with Gasteiger partial charge in [0, 0.05) is 22.5 Å². The molecule has 0 spiro atoms. The number of aryl methyl sites for hydroxylation is 1. The van der Waals surface area contributed by atoms with Gasteiger partial charge >= 0.3 is 5.97 Å². The van der Waals surface area contributed by atoms with Crippen LogP contribution in [0.25, 0.3) is 0 Å². The van der Waals surface area contributed by atoms with Crippen molar-refractivity contribution in [1.29, 1.82) is 0 Å². The fourth-order valence-electron chi connectivity index (χ4n) is 1.62. The minimum Gasteiger partial charge on any atom is -0.481 e. The van der Waals surface area contributed by atoms with E-state index in [9.17, 15) is 4.79 Å². The van der Waals surface area contributed by atoms with Crippen LogP contribution in [0, 0.1) is 6.92 Å². The van der Waals surface area contributed by atoms with E-state index in [0.29, 0.717) is 11.7 Å². The Morgan fingerprint density at radius 3 is 2.95 bits per heavy atom. The number of aromatic nitrogens is 1. The van der Waals surface area contributed by atoms with E-state index in [4.69, 9.17) is 16.7 Å². The number of aliphatic carboxylic acids is 1. The number of thiophene rings is 1. The lowest BCUT2D eigenvalue weighted by molar-refractivity contribution is -0.136. The molecule has 0 saturated heterocycles. The Bertz CT molecular complexity index is 598. The largest absolute Gasteiger partial charge is 0.481 e. The van der Waals surface area contributed by atoms with Crippen LogP contribution in [0.2, 0.25) is 5.15 Å². The predicted molar refractivity (Wildman–Crippen MR) is 77.0 cm³/mol. The summed E-state index contributed by atoms with van der Waals surface area (Å²) in [7, 11) is 0. The smallest absolute Gasteiger partial charge is 0.308 e. The molecular formula is C13H13ClN2O2S. The molecule has 2 aromatic rings. The zero-order valence-corrected chi connectivity index (χ0v) is 11.9. The Balaban J connectivity index is 2.00. The molecule has 100 valence electrons. The summed E-state index contributed by atoms with van der Waals surface area (Å²) in [5.74, 6) is -0.813. The number of hydrogen-bond donors (Lipinski definition) is 2. The quantitative estimate of drug-likeness (QED) is 0.831. The summed E-state index contributed by atoms with van der Waals surface area (Å²) in [4.78, 5) is 16.6. The molecule has 0 radical (unpaired) electrons. The number of nitrogens with zero attached hydrogens (tertiary/aromatic N) is 1. The van der Waals surface area contributed by atoms with E-state index in [1.54, 1.807) is 6.20 Å². The zero-order valence-electron chi connectivity index (χ0n) is 10.3. The first-order valence-electron chi connectivity index (χ1n) is 5.70. The second-order valence-corrected chi connectivity index (χ2v) is 5.75. The molecule has 0 aliphatic carbocycles. The summed E-state index contributed by atoms with van der Waals surface area (Å²) in [6.45, 7) is 2.56.